The van der Waals surface area contributed by atoms with Crippen LogP contribution in [0.25, 0.3) is 0 Å². The third kappa shape index (κ3) is 4.37. The number of hydrogen-bond acceptors (Lipinski definition) is 3. The number of amides is 2. The average Bonchev–Trinajstić information content (AvgIpc) is 2.54. The van der Waals surface area contributed by atoms with Crippen molar-refractivity contribution in [2.24, 2.45) is 0 Å². The first-order valence-electron chi connectivity index (χ1n) is 7.32. The van der Waals surface area contributed by atoms with Crippen LogP contribution in [-0.2, 0) is 9.59 Å². The smallest absolute Gasteiger partial charge is 0.368 e. The van der Waals surface area contributed by atoms with Crippen molar-refractivity contribution in [2.75, 3.05) is 36.4 Å². The van der Waals surface area contributed by atoms with Gasteiger partial charge in [-0.15, -0.1) is 0 Å². The van der Waals surface area contributed by atoms with Crippen LogP contribution in [0.3, 0.4) is 0 Å². The average molecular weight is 329 g/mol. The van der Waals surface area contributed by atoms with Gasteiger partial charge in [0, 0.05) is 44.0 Å². The number of alkyl halides is 3. The molecule has 8 heteroatoms. The second-order valence-corrected chi connectivity index (χ2v) is 5.22. The van der Waals surface area contributed by atoms with E-state index in [1.165, 1.54) is 12.1 Å². The molecule has 1 aliphatic heterocycles. The van der Waals surface area contributed by atoms with Crippen molar-refractivity contribution in [1.29, 1.82) is 0 Å². The summed E-state index contributed by atoms with van der Waals surface area (Å²) < 4.78 is 36.6. The molecule has 5 nitrogen and oxygen atoms in total. The monoisotopic (exact) mass is 329 g/mol. The van der Waals surface area contributed by atoms with Crippen LogP contribution in [0.1, 0.15) is 13.3 Å². The molecule has 1 aromatic rings. The van der Waals surface area contributed by atoms with Gasteiger partial charge in [-0.1, -0.05) is 6.92 Å². The number of nitrogens with zero attached hydrogens (tertiary/aromatic N) is 2. The van der Waals surface area contributed by atoms with Gasteiger partial charge in [-0.25, -0.2) is 0 Å². The van der Waals surface area contributed by atoms with Gasteiger partial charge in [-0.2, -0.15) is 13.2 Å². The molecule has 0 spiro atoms. The minimum absolute atomic E-state index is 0.0934. The van der Waals surface area contributed by atoms with Crippen LogP contribution in [0.4, 0.5) is 24.5 Å². The molecule has 126 valence electrons. The highest BCUT2D eigenvalue weighted by Gasteiger charge is 2.38. The molecular weight excluding hydrogens is 311 g/mol. The quantitative estimate of drug-likeness (QED) is 0.925. The van der Waals surface area contributed by atoms with Crippen molar-refractivity contribution < 1.29 is 22.8 Å². The summed E-state index contributed by atoms with van der Waals surface area (Å²) in [5.74, 6) is -1.87. The maximum atomic E-state index is 12.2. The summed E-state index contributed by atoms with van der Waals surface area (Å²) in [7, 11) is 0. The van der Waals surface area contributed by atoms with Crippen LogP contribution < -0.4 is 10.2 Å². The van der Waals surface area contributed by atoms with E-state index in [1.54, 1.807) is 22.3 Å². The Morgan fingerprint density at radius 3 is 2.13 bits per heavy atom. The predicted molar refractivity (Wildman–Crippen MR) is 80.2 cm³/mol. The lowest BCUT2D eigenvalue weighted by Crippen LogP contribution is -2.48. The maximum Gasteiger partial charge on any atom is 0.471 e. The van der Waals surface area contributed by atoms with E-state index in [2.05, 4.69) is 4.90 Å². The number of piperazine rings is 1. The number of halogens is 3. The van der Waals surface area contributed by atoms with Gasteiger partial charge >= 0.3 is 12.1 Å². The van der Waals surface area contributed by atoms with E-state index < -0.39 is 12.1 Å². The van der Waals surface area contributed by atoms with Gasteiger partial charge in [0.25, 0.3) is 0 Å². The fourth-order valence-electron chi connectivity index (χ4n) is 2.40. The Balaban J connectivity index is 1.93. The molecule has 23 heavy (non-hydrogen) atoms. The van der Waals surface area contributed by atoms with Crippen molar-refractivity contribution in [2.45, 2.75) is 19.5 Å². The minimum Gasteiger partial charge on any atom is -0.368 e. The van der Waals surface area contributed by atoms with Crippen LogP contribution in [0, 0.1) is 0 Å². The lowest BCUT2D eigenvalue weighted by molar-refractivity contribution is -0.167. The molecule has 1 fully saturated rings. The summed E-state index contributed by atoms with van der Waals surface area (Å²) in [6.07, 6.45) is -4.42. The van der Waals surface area contributed by atoms with Crippen LogP contribution in [0.5, 0.6) is 0 Å². The maximum absolute atomic E-state index is 12.2. The molecule has 0 atom stereocenters. The highest BCUT2D eigenvalue weighted by atomic mass is 19.4. The standard InChI is InChI=1S/C15H18F3N3O2/c1-2-13(22)21-9-7-20(8-10-21)12-5-3-11(4-6-12)19-14(23)15(16,17)18/h3-6H,2,7-10H2,1H3,(H,19,23). The van der Waals surface area contributed by atoms with Gasteiger partial charge in [0.15, 0.2) is 0 Å². The van der Waals surface area contributed by atoms with Crippen molar-refractivity contribution in [1.82, 2.24) is 4.90 Å². The van der Waals surface area contributed by atoms with Gasteiger partial charge in [0.2, 0.25) is 5.91 Å². The van der Waals surface area contributed by atoms with E-state index in [-0.39, 0.29) is 11.6 Å². The Morgan fingerprint density at radius 1 is 1.09 bits per heavy atom. The zero-order valence-electron chi connectivity index (χ0n) is 12.7. The van der Waals surface area contributed by atoms with E-state index in [9.17, 15) is 22.8 Å². The van der Waals surface area contributed by atoms with Gasteiger partial charge in [0.1, 0.15) is 0 Å². The highest BCUT2D eigenvalue weighted by Crippen LogP contribution is 2.22. The minimum atomic E-state index is -4.90. The molecule has 2 rings (SSSR count). The lowest BCUT2D eigenvalue weighted by Gasteiger charge is -2.36. The van der Waals surface area contributed by atoms with Crippen LogP contribution in [0.15, 0.2) is 24.3 Å². The van der Waals surface area contributed by atoms with Gasteiger partial charge in [0.05, 0.1) is 0 Å². The Hall–Kier alpha value is -2.25. The zero-order chi connectivity index (χ0) is 17.0. The van der Waals surface area contributed by atoms with Crippen molar-refractivity contribution in [3.8, 4) is 0 Å². The second kappa shape index (κ2) is 6.89. The molecule has 0 aromatic heterocycles. The van der Waals surface area contributed by atoms with Crippen LogP contribution in [-0.4, -0.2) is 49.1 Å². The molecule has 0 saturated carbocycles. The molecule has 1 aromatic carbocycles. The molecule has 1 saturated heterocycles. The summed E-state index contributed by atoms with van der Waals surface area (Å²) in [5.41, 5.74) is 0.939. The van der Waals surface area contributed by atoms with E-state index in [0.717, 1.165) is 5.69 Å². The van der Waals surface area contributed by atoms with Gasteiger partial charge < -0.3 is 15.1 Å². The first-order chi connectivity index (χ1) is 10.8. The van der Waals surface area contributed by atoms with E-state index >= 15 is 0 Å². The van der Waals surface area contributed by atoms with Gasteiger partial charge in [-0.3, -0.25) is 9.59 Å². The number of carbonyl (C=O) groups excluding carboxylic acids is 2. The number of benzene rings is 1. The third-order valence-electron chi connectivity index (χ3n) is 3.68. The van der Waals surface area contributed by atoms with Crippen LogP contribution in [0.2, 0.25) is 0 Å². The molecule has 0 bridgehead atoms. The fraction of sp³-hybridized carbons (Fsp3) is 0.467. The van der Waals surface area contributed by atoms with Gasteiger partial charge in [-0.05, 0) is 24.3 Å². The highest BCUT2D eigenvalue weighted by molar-refractivity contribution is 5.95. The Kier molecular flexibility index (Phi) is 5.12. The van der Waals surface area contributed by atoms with E-state index in [1.807, 2.05) is 6.92 Å². The number of anilines is 2. The summed E-state index contributed by atoms with van der Waals surface area (Å²) in [4.78, 5) is 26.3. The third-order valence-corrected chi connectivity index (χ3v) is 3.68. The summed E-state index contributed by atoms with van der Waals surface area (Å²) >= 11 is 0. The largest absolute Gasteiger partial charge is 0.471 e. The molecule has 1 N–H and O–H groups in total. The van der Waals surface area contributed by atoms with Crippen LogP contribution >= 0.6 is 0 Å². The topological polar surface area (TPSA) is 52.7 Å². The Morgan fingerprint density at radius 2 is 1.65 bits per heavy atom. The number of rotatable bonds is 3. The van der Waals surface area contributed by atoms with E-state index in [4.69, 9.17) is 0 Å². The first kappa shape index (κ1) is 17.1. The summed E-state index contributed by atoms with van der Waals surface area (Å²) in [6, 6.07) is 6.18. The SMILES string of the molecule is CCC(=O)N1CCN(c2ccc(NC(=O)C(F)(F)F)cc2)CC1. The summed E-state index contributed by atoms with van der Waals surface area (Å²) in [6.45, 7) is 4.40. The van der Waals surface area contributed by atoms with Crippen molar-refractivity contribution in [3.05, 3.63) is 24.3 Å². The molecule has 0 unspecified atom stereocenters. The van der Waals surface area contributed by atoms with Crippen molar-refractivity contribution in [3.63, 3.8) is 0 Å². The zero-order valence-corrected chi connectivity index (χ0v) is 12.7. The van der Waals surface area contributed by atoms with Crippen molar-refractivity contribution >= 4 is 23.2 Å². The molecule has 1 heterocycles. The molecule has 0 radical (unpaired) electrons. The molecule has 2 amide bonds. The normalized spacial score (nSPS) is 15.5. The number of hydrogen-bond donors (Lipinski definition) is 1. The molecule has 1 aliphatic rings. The number of nitrogens with one attached hydrogen (secondary N) is 1. The predicted octanol–water partition coefficient (Wildman–Crippen LogP) is 2.25. The second-order valence-electron chi connectivity index (χ2n) is 5.22. The first-order valence-corrected chi connectivity index (χ1v) is 7.32. The molecule has 0 aliphatic carbocycles. The number of carbonyl (C=O) groups is 2. The van der Waals surface area contributed by atoms with E-state index in [0.29, 0.717) is 32.6 Å². The Bertz CT molecular complexity index is 564. The molecular formula is C15H18F3N3O2. The lowest BCUT2D eigenvalue weighted by atomic mass is 10.2. The fourth-order valence-corrected chi connectivity index (χ4v) is 2.40. The Labute approximate surface area is 132 Å². The summed E-state index contributed by atoms with van der Waals surface area (Å²) in [5, 5.41) is 1.81.